The molecule has 1 aliphatic heterocycles. The van der Waals surface area contributed by atoms with E-state index in [0.29, 0.717) is 19.3 Å². The minimum absolute atomic E-state index is 0.0786. The normalized spacial score (nSPS) is 17.9. The summed E-state index contributed by atoms with van der Waals surface area (Å²) in [6, 6.07) is 37.1. The molecule has 0 bridgehead atoms. The van der Waals surface area contributed by atoms with Crippen LogP contribution in [0.2, 0.25) is 0 Å². The van der Waals surface area contributed by atoms with Crippen LogP contribution in [-0.2, 0) is 19.6 Å². The van der Waals surface area contributed by atoms with Gasteiger partial charge in [0, 0.05) is 12.1 Å². The van der Waals surface area contributed by atoms with E-state index >= 15 is 0 Å². The topological polar surface area (TPSA) is 50.7 Å². The van der Waals surface area contributed by atoms with Crippen LogP contribution in [-0.4, -0.2) is 17.2 Å². The van der Waals surface area contributed by atoms with Crippen LogP contribution in [0.3, 0.4) is 0 Å². The quantitative estimate of drug-likeness (QED) is 0.246. The second-order valence-electron chi connectivity index (χ2n) is 9.79. The Bertz CT molecular complexity index is 1210. The van der Waals surface area contributed by atoms with Gasteiger partial charge in [-0.05, 0) is 72.2 Å². The van der Waals surface area contributed by atoms with Crippen LogP contribution in [0, 0.1) is 0 Å². The fourth-order valence-electron chi connectivity index (χ4n) is 4.90. The fraction of sp³-hybridized carbons (Fsp3) is 0.273. The Balaban J connectivity index is 1.05. The van der Waals surface area contributed by atoms with Gasteiger partial charge in [-0.1, -0.05) is 84.9 Å². The predicted molar refractivity (Wildman–Crippen MR) is 148 cm³/mol. The summed E-state index contributed by atoms with van der Waals surface area (Å²) in [5, 5.41) is 14.6. The molecule has 0 aromatic heterocycles. The van der Waals surface area contributed by atoms with Crippen LogP contribution in [0.25, 0.3) is 0 Å². The van der Waals surface area contributed by atoms with Crippen molar-refractivity contribution in [3.8, 4) is 11.5 Å². The monoisotopic (exact) mass is 493 g/mol. The Kier molecular flexibility index (Phi) is 8.52. The van der Waals surface area contributed by atoms with E-state index in [1.807, 2.05) is 60.7 Å². The largest absolute Gasteiger partial charge is 0.489 e. The Hall–Kier alpha value is -3.60. The molecular formula is C33H35NO3. The zero-order chi connectivity index (χ0) is 25.3. The molecule has 2 N–H and O–H groups in total. The lowest BCUT2D eigenvalue weighted by Crippen LogP contribution is -2.34. The summed E-state index contributed by atoms with van der Waals surface area (Å²) in [6.07, 6.45) is 3.60. The minimum atomic E-state index is -0.519. The third-order valence-electron chi connectivity index (χ3n) is 7.08. The second kappa shape index (κ2) is 12.6. The SMILES string of the molecule is OC(c1ccc(OCc2ccccc2)cc1)[C@@H]1CC[C@@H](CCc2ccc(OCc3ccccc3)cc2)N1. The van der Waals surface area contributed by atoms with E-state index in [2.05, 4.69) is 53.8 Å². The average Bonchev–Trinajstić information content (AvgIpc) is 3.45. The highest BCUT2D eigenvalue weighted by atomic mass is 16.5. The number of benzene rings is 4. The van der Waals surface area contributed by atoms with E-state index < -0.39 is 6.10 Å². The Morgan fingerprint density at radius 1 is 0.649 bits per heavy atom. The van der Waals surface area contributed by atoms with Gasteiger partial charge < -0.3 is 19.9 Å². The number of hydrogen-bond acceptors (Lipinski definition) is 4. The standard InChI is InChI=1S/C33H35NO3/c35-33(28-14-20-31(21-15-28)37-24-27-9-5-2-6-10-27)32-22-17-29(34-32)16-11-25-12-18-30(19-13-25)36-23-26-7-3-1-4-8-26/h1-10,12-15,18-21,29,32-35H,11,16-17,22-24H2/t29-,32+,33?/m1/s1. The highest BCUT2D eigenvalue weighted by molar-refractivity contribution is 5.30. The van der Waals surface area contributed by atoms with Gasteiger partial charge in [-0.15, -0.1) is 0 Å². The van der Waals surface area contributed by atoms with Gasteiger partial charge in [0.1, 0.15) is 24.7 Å². The molecule has 4 heteroatoms. The molecule has 4 aromatic carbocycles. The van der Waals surface area contributed by atoms with Gasteiger partial charge in [-0.2, -0.15) is 0 Å². The smallest absolute Gasteiger partial charge is 0.119 e. The molecular weight excluding hydrogens is 458 g/mol. The molecule has 1 aliphatic rings. The zero-order valence-corrected chi connectivity index (χ0v) is 21.1. The number of ether oxygens (including phenoxy) is 2. The minimum Gasteiger partial charge on any atom is -0.489 e. The van der Waals surface area contributed by atoms with E-state index in [-0.39, 0.29) is 6.04 Å². The molecule has 37 heavy (non-hydrogen) atoms. The van der Waals surface area contributed by atoms with Gasteiger partial charge >= 0.3 is 0 Å². The summed E-state index contributed by atoms with van der Waals surface area (Å²) in [7, 11) is 0. The molecule has 3 atom stereocenters. The second-order valence-corrected chi connectivity index (χ2v) is 9.79. The molecule has 1 unspecified atom stereocenters. The molecule has 1 saturated heterocycles. The van der Waals surface area contributed by atoms with Gasteiger partial charge in [-0.3, -0.25) is 0 Å². The van der Waals surface area contributed by atoms with Crippen molar-refractivity contribution in [2.45, 2.75) is 57.1 Å². The lowest BCUT2D eigenvalue weighted by molar-refractivity contribution is 0.135. The van der Waals surface area contributed by atoms with E-state index in [0.717, 1.165) is 48.3 Å². The molecule has 190 valence electrons. The first kappa shape index (κ1) is 25.1. The molecule has 0 radical (unpaired) electrons. The Morgan fingerprint density at radius 2 is 1.19 bits per heavy atom. The molecule has 1 fully saturated rings. The van der Waals surface area contributed by atoms with Crippen molar-refractivity contribution in [1.82, 2.24) is 5.32 Å². The summed E-state index contributed by atoms with van der Waals surface area (Å²) in [6.45, 7) is 1.12. The molecule has 5 rings (SSSR count). The van der Waals surface area contributed by atoms with Crippen molar-refractivity contribution < 1.29 is 14.6 Å². The number of rotatable bonds is 11. The predicted octanol–water partition coefficient (Wildman–Crippen LogP) is 6.63. The number of hydrogen-bond donors (Lipinski definition) is 2. The van der Waals surface area contributed by atoms with E-state index in [4.69, 9.17) is 9.47 Å². The molecule has 0 spiro atoms. The van der Waals surface area contributed by atoms with Crippen molar-refractivity contribution in [3.05, 3.63) is 131 Å². The van der Waals surface area contributed by atoms with Crippen molar-refractivity contribution >= 4 is 0 Å². The maximum atomic E-state index is 11.0. The summed E-state index contributed by atoms with van der Waals surface area (Å²) < 4.78 is 11.8. The van der Waals surface area contributed by atoms with Crippen molar-refractivity contribution in [3.63, 3.8) is 0 Å². The van der Waals surface area contributed by atoms with Crippen LogP contribution in [0.4, 0.5) is 0 Å². The Labute approximate surface area is 219 Å². The van der Waals surface area contributed by atoms with Crippen LogP contribution in [0.1, 0.15) is 47.6 Å². The maximum absolute atomic E-state index is 11.0. The lowest BCUT2D eigenvalue weighted by Gasteiger charge is -2.21. The molecule has 1 heterocycles. The number of aliphatic hydroxyl groups excluding tert-OH is 1. The third kappa shape index (κ3) is 7.22. The maximum Gasteiger partial charge on any atom is 0.119 e. The molecule has 4 nitrogen and oxygen atoms in total. The Morgan fingerprint density at radius 3 is 1.76 bits per heavy atom. The summed E-state index contributed by atoms with van der Waals surface area (Å²) in [4.78, 5) is 0. The first-order chi connectivity index (χ1) is 18.2. The molecule has 0 aliphatic carbocycles. The van der Waals surface area contributed by atoms with Crippen molar-refractivity contribution in [1.29, 1.82) is 0 Å². The lowest BCUT2D eigenvalue weighted by atomic mass is 10.0. The van der Waals surface area contributed by atoms with Crippen LogP contribution >= 0.6 is 0 Å². The molecule has 4 aromatic rings. The van der Waals surface area contributed by atoms with E-state index in [1.165, 1.54) is 11.1 Å². The van der Waals surface area contributed by atoms with Gasteiger partial charge in [0.05, 0.1) is 6.10 Å². The summed E-state index contributed by atoms with van der Waals surface area (Å²) in [5.41, 5.74) is 4.54. The molecule has 0 saturated carbocycles. The van der Waals surface area contributed by atoms with Crippen molar-refractivity contribution in [2.24, 2.45) is 0 Å². The van der Waals surface area contributed by atoms with E-state index in [1.54, 1.807) is 0 Å². The third-order valence-corrected chi connectivity index (χ3v) is 7.08. The van der Waals surface area contributed by atoms with Gasteiger partial charge in [0.25, 0.3) is 0 Å². The van der Waals surface area contributed by atoms with Gasteiger partial charge in [0.15, 0.2) is 0 Å². The first-order valence-corrected chi connectivity index (χ1v) is 13.2. The van der Waals surface area contributed by atoms with Crippen LogP contribution < -0.4 is 14.8 Å². The summed E-state index contributed by atoms with van der Waals surface area (Å²) in [5.74, 6) is 1.71. The van der Waals surface area contributed by atoms with Crippen LogP contribution in [0.5, 0.6) is 11.5 Å². The average molecular weight is 494 g/mol. The van der Waals surface area contributed by atoms with E-state index in [9.17, 15) is 5.11 Å². The number of aryl methyl sites for hydroxylation is 1. The highest BCUT2D eigenvalue weighted by Gasteiger charge is 2.29. The first-order valence-electron chi connectivity index (χ1n) is 13.2. The fourth-order valence-corrected chi connectivity index (χ4v) is 4.90. The van der Waals surface area contributed by atoms with Gasteiger partial charge in [-0.25, -0.2) is 0 Å². The molecule has 0 amide bonds. The van der Waals surface area contributed by atoms with Gasteiger partial charge in [0.2, 0.25) is 0 Å². The van der Waals surface area contributed by atoms with Crippen molar-refractivity contribution in [2.75, 3.05) is 0 Å². The zero-order valence-electron chi connectivity index (χ0n) is 21.1. The van der Waals surface area contributed by atoms with Crippen LogP contribution in [0.15, 0.2) is 109 Å². The number of nitrogens with one attached hydrogen (secondary N) is 1. The highest BCUT2D eigenvalue weighted by Crippen LogP contribution is 2.28. The summed E-state index contributed by atoms with van der Waals surface area (Å²) >= 11 is 0. The number of aliphatic hydroxyl groups is 1.